The van der Waals surface area contributed by atoms with Crippen LogP contribution in [0.3, 0.4) is 0 Å². The van der Waals surface area contributed by atoms with Gasteiger partial charge in [0.2, 0.25) is 16.0 Å². The molecule has 0 fully saturated rings. The lowest BCUT2D eigenvalue weighted by molar-refractivity contribution is 0.329. The highest BCUT2D eigenvalue weighted by Crippen LogP contribution is 2.37. The first kappa shape index (κ1) is 26.0. The molecule has 9 nitrogen and oxygen atoms in total. The second kappa shape index (κ2) is 10.1. The number of ether oxygens (including phenoxy) is 1. The van der Waals surface area contributed by atoms with E-state index in [2.05, 4.69) is 45.3 Å². The van der Waals surface area contributed by atoms with Crippen LogP contribution in [0, 0.1) is 6.92 Å². The number of nitrogens with zero attached hydrogens (tertiary/aromatic N) is 4. The van der Waals surface area contributed by atoms with Gasteiger partial charge in [0.05, 0.1) is 24.2 Å². The number of hydrogen-bond donors (Lipinski definition) is 2. The van der Waals surface area contributed by atoms with Crippen molar-refractivity contribution in [2.24, 2.45) is 0 Å². The predicted octanol–water partition coefficient (Wildman–Crippen LogP) is 4.54. The SMILES string of the molecule is CCc1nc(N)nc(N2CCOc3c(C)cc(-c4cnc(Cl)c(NS(C)(=O)=O)c4)cc3C2)c1C(C)C. The van der Waals surface area contributed by atoms with E-state index in [0.717, 1.165) is 57.8 Å². The average Bonchev–Trinajstić information content (AvgIpc) is 3.01. The molecule has 0 unspecified atom stereocenters. The maximum Gasteiger partial charge on any atom is 0.229 e. The van der Waals surface area contributed by atoms with Crippen LogP contribution in [0.4, 0.5) is 17.5 Å². The molecule has 2 aromatic heterocycles. The molecule has 0 spiro atoms. The number of aromatic nitrogens is 3. The monoisotopic (exact) mass is 530 g/mol. The number of nitrogen functional groups attached to an aromatic ring is 1. The molecule has 0 radical (unpaired) electrons. The standard InChI is InChI=1S/C25H31ClN6O3S/c1-6-19-21(14(2)3)24(30-25(27)29-19)32-7-8-35-22-15(4)9-16(10-18(22)13-32)17-11-20(23(26)28-12-17)31-36(5,33)34/h9-12,14,31H,6-8,13H2,1-5H3,(H2,27,29,30). The first-order chi connectivity index (χ1) is 17.0. The number of nitrogens with two attached hydrogens (primary N) is 1. The quantitative estimate of drug-likeness (QED) is 0.445. The largest absolute Gasteiger partial charge is 0.491 e. The van der Waals surface area contributed by atoms with Gasteiger partial charge in [0.15, 0.2) is 5.15 Å². The van der Waals surface area contributed by atoms with Crippen molar-refractivity contribution >= 4 is 39.1 Å². The van der Waals surface area contributed by atoms with E-state index in [1.54, 1.807) is 12.3 Å². The Labute approximate surface area is 217 Å². The van der Waals surface area contributed by atoms with Crippen LogP contribution in [0.2, 0.25) is 5.15 Å². The van der Waals surface area contributed by atoms with Gasteiger partial charge in [0.1, 0.15) is 18.2 Å². The summed E-state index contributed by atoms with van der Waals surface area (Å²) in [6.07, 6.45) is 3.47. The highest BCUT2D eigenvalue weighted by Gasteiger charge is 2.25. The van der Waals surface area contributed by atoms with E-state index in [0.29, 0.717) is 19.7 Å². The first-order valence-corrected chi connectivity index (χ1v) is 14.0. The minimum Gasteiger partial charge on any atom is -0.491 e. The summed E-state index contributed by atoms with van der Waals surface area (Å²) >= 11 is 6.14. The second-order valence-electron chi connectivity index (χ2n) is 9.26. The Hall–Kier alpha value is -3.11. The normalized spacial score (nSPS) is 13.8. The molecule has 0 bridgehead atoms. The summed E-state index contributed by atoms with van der Waals surface area (Å²) in [7, 11) is -3.51. The molecule has 3 N–H and O–H groups in total. The van der Waals surface area contributed by atoms with E-state index in [1.165, 1.54) is 0 Å². The fourth-order valence-corrected chi connectivity index (χ4v) is 5.32. The third-order valence-electron chi connectivity index (χ3n) is 6.02. The molecule has 3 aromatic rings. The number of benzene rings is 1. The molecular formula is C25H31ClN6O3S. The number of fused-ring (bicyclic) bond motifs is 1. The number of aryl methyl sites for hydroxylation is 2. The van der Waals surface area contributed by atoms with Crippen molar-refractivity contribution < 1.29 is 13.2 Å². The predicted molar refractivity (Wildman–Crippen MR) is 144 cm³/mol. The van der Waals surface area contributed by atoms with Crippen LogP contribution in [0.5, 0.6) is 5.75 Å². The van der Waals surface area contributed by atoms with Crippen molar-refractivity contribution in [2.45, 2.75) is 46.6 Å². The van der Waals surface area contributed by atoms with E-state index < -0.39 is 10.0 Å². The summed E-state index contributed by atoms with van der Waals surface area (Å²) < 4.78 is 32.1. The van der Waals surface area contributed by atoms with E-state index in [1.807, 2.05) is 19.1 Å². The Morgan fingerprint density at radius 3 is 2.64 bits per heavy atom. The zero-order valence-corrected chi connectivity index (χ0v) is 22.7. The number of rotatable bonds is 6. The molecule has 1 aliphatic heterocycles. The summed E-state index contributed by atoms with van der Waals surface area (Å²) in [6.45, 7) is 10.1. The van der Waals surface area contributed by atoms with Crippen molar-refractivity contribution in [1.82, 2.24) is 15.0 Å². The third kappa shape index (κ3) is 5.49. The zero-order valence-electron chi connectivity index (χ0n) is 21.1. The lowest BCUT2D eigenvalue weighted by Crippen LogP contribution is -2.28. The maximum absolute atomic E-state index is 11.8. The Balaban J connectivity index is 1.78. The van der Waals surface area contributed by atoms with Crippen LogP contribution < -0.4 is 20.1 Å². The molecule has 36 heavy (non-hydrogen) atoms. The van der Waals surface area contributed by atoms with Gasteiger partial charge in [-0.05, 0) is 48.6 Å². The molecule has 1 aliphatic rings. The van der Waals surface area contributed by atoms with Crippen LogP contribution in [0.15, 0.2) is 24.4 Å². The van der Waals surface area contributed by atoms with Crippen LogP contribution in [-0.4, -0.2) is 42.8 Å². The lowest BCUT2D eigenvalue weighted by atomic mass is 9.98. The zero-order chi connectivity index (χ0) is 26.2. The molecule has 0 saturated carbocycles. The molecule has 0 amide bonds. The summed E-state index contributed by atoms with van der Waals surface area (Å²) in [5.41, 5.74) is 11.9. The lowest BCUT2D eigenvalue weighted by Gasteiger charge is -2.26. The average molecular weight is 531 g/mol. The maximum atomic E-state index is 11.8. The molecule has 192 valence electrons. The van der Waals surface area contributed by atoms with Gasteiger partial charge < -0.3 is 15.4 Å². The molecule has 11 heteroatoms. The van der Waals surface area contributed by atoms with Crippen LogP contribution in [0.25, 0.3) is 11.1 Å². The summed E-state index contributed by atoms with van der Waals surface area (Å²) in [5.74, 6) is 2.16. The molecule has 0 aliphatic carbocycles. The number of pyridine rings is 1. The molecule has 1 aromatic carbocycles. The summed E-state index contributed by atoms with van der Waals surface area (Å²) in [6, 6.07) is 5.72. The van der Waals surface area contributed by atoms with Gasteiger partial charge >= 0.3 is 0 Å². The Bertz CT molecular complexity index is 1410. The van der Waals surface area contributed by atoms with Crippen LogP contribution in [-0.2, 0) is 23.0 Å². The van der Waals surface area contributed by atoms with Crippen molar-refractivity contribution in [2.75, 3.05) is 34.8 Å². The summed E-state index contributed by atoms with van der Waals surface area (Å²) in [5, 5.41) is 0.0828. The van der Waals surface area contributed by atoms with Gasteiger partial charge in [-0.1, -0.05) is 32.4 Å². The van der Waals surface area contributed by atoms with Gasteiger partial charge in [-0.15, -0.1) is 0 Å². The number of sulfonamides is 1. The minimum atomic E-state index is -3.51. The van der Waals surface area contributed by atoms with Crippen molar-refractivity contribution in [3.05, 3.63) is 51.9 Å². The van der Waals surface area contributed by atoms with Crippen molar-refractivity contribution in [1.29, 1.82) is 0 Å². The number of halogens is 1. The summed E-state index contributed by atoms with van der Waals surface area (Å²) in [4.78, 5) is 15.5. The highest BCUT2D eigenvalue weighted by molar-refractivity contribution is 7.92. The van der Waals surface area contributed by atoms with Crippen LogP contribution >= 0.6 is 11.6 Å². The van der Waals surface area contributed by atoms with E-state index in [4.69, 9.17) is 22.1 Å². The van der Waals surface area contributed by atoms with Gasteiger partial charge in [0, 0.05) is 29.4 Å². The topological polar surface area (TPSA) is 123 Å². The molecule has 4 rings (SSSR count). The Kier molecular flexibility index (Phi) is 7.28. The number of anilines is 3. The Morgan fingerprint density at radius 2 is 1.97 bits per heavy atom. The van der Waals surface area contributed by atoms with E-state index in [9.17, 15) is 8.42 Å². The molecular weight excluding hydrogens is 500 g/mol. The first-order valence-electron chi connectivity index (χ1n) is 11.8. The molecule has 3 heterocycles. The van der Waals surface area contributed by atoms with Gasteiger partial charge in [0.25, 0.3) is 0 Å². The third-order valence-corrected chi connectivity index (χ3v) is 6.91. The molecule has 0 saturated heterocycles. The van der Waals surface area contributed by atoms with Gasteiger partial charge in [-0.2, -0.15) is 4.98 Å². The van der Waals surface area contributed by atoms with Crippen LogP contribution in [0.1, 0.15) is 49.1 Å². The Morgan fingerprint density at radius 1 is 1.22 bits per heavy atom. The minimum absolute atomic E-state index is 0.0828. The van der Waals surface area contributed by atoms with Crippen molar-refractivity contribution in [3.63, 3.8) is 0 Å². The van der Waals surface area contributed by atoms with Crippen molar-refractivity contribution in [3.8, 4) is 16.9 Å². The van der Waals surface area contributed by atoms with E-state index in [-0.39, 0.29) is 22.7 Å². The fourth-order valence-electron chi connectivity index (χ4n) is 4.56. The molecule has 0 atom stereocenters. The van der Waals surface area contributed by atoms with Gasteiger partial charge in [-0.3, -0.25) is 4.72 Å². The van der Waals surface area contributed by atoms with Gasteiger partial charge in [-0.25, -0.2) is 18.4 Å². The smallest absolute Gasteiger partial charge is 0.229 e. The fraction of sp³-hybridized carbons (Fsp3) is 0.400. The number of nitrogens with one attached hydrogen (secondary N) is 1. The number of hydrogen-bond acceptors (Lipinski definition) is 8. The highest BCUT2D eigenvalue weighted by atomic mass is 35.5. The second-order valence-corrected chi connectivity index (χ2v) is 11.4. The van der Waals surface area contributed by atoms with E-state index >= 15 is 0 Å².